The minimum Gasteiger partial charge on any atom is -0.648 e. The number of carbonyl (C=O) groups excluding carboxylic acids is 2. The topological polar surface area (TPSA) is 163 Å². The Kier molecular flexibility index (Phi) is 19.8. The maximum absolute atomic E-state index is 12.3. The number of Topliss-reactive ketones (excluding diaryl/α,β-unsaturated/α-hetero) is 1. The van der Waals surface area contributed by atoms with Crippen LogP contribution in [0.15, 0.2) is 10.5 Å². The number of thiazole rings is 1. The van der Waals surface area contributed by atoms with E-state index >= 15 is 0 Å². The minimum atomic E-state index is -2.86. The minimum absolute atomic E-state index is 0. The van der Waals surface area contributed by atoms with Gasteiger partial charge in [0.15, 0.2) is 16.6 Å². The second kappa shape index (κ2) is 17.3. The molecule has 1 saturated heterocycles. The van der Waals surface area contributed by atoms with Crippen LogP contribution in [0.1, 0.15) is 45.7 Å². The summed E-state index contributed by atoms with van der Waals surface area (Å²) in [6.45, 7) is 9.34. The van der Waals surface area contributed by atoms with E-state index in [1.165, 1.54) is 17.8 Å². The number of ketones is 1. The van der Waals surface area contributed by atoms with Crippen molar-refractivity contribution in [3.05, 3.63) is 30.4 Å². The van der Waals surface area contributed by atoms with Crippen molar-refractivity contribution < 1.29 is 81.2 Å². The van der Waals surface area contributed by atoms with Crippen molar-refractivity contribution in [1.82, 2.24) is 4.98 Å². The molecular weight excluding hydrogens is 681 g/mol. The van der Waals surface area contributed by atoms with Crippen molar-refractivity contribution >= 4 is 44.9 Å². The Morgan fingerprint density at radius 1 is 1.50 bits per heavy atom. The van der Waals surface area contributed by atoms with Gasteiger partial charge in [0.1, 0.15) is 5.69 Å². The molecule has 1 aromatic rings. The van der Waals surface area contributed by atoms with Crippen molar-refractivity contribution in [3.8, 4) is 0 Å². The molecule has 1 atom stereocenters. The zero-order chi connectivity index (χ0) is 21.9. The third kappa shape index (κ3) is 12.6. The standard InChI is InChI=1S/C12H15N4O3S.C4H9.HO3S.W.Y/c1-12(2)6(10(18)15-12)4-8(17)9(16-19-3)7-5-20-11(13)14-7;1-3-4-2;1-4(2)3;;/h5-6H,3-4H2,1-2H3,(H3,13,14,15,18);1,3-4H2,2H3;(H,1,2,3);;/q3*-1;+2;/p-1/b16-9-;;;;/t6-;;;;/m1..../s1. The van der Waals surface area contributed by atoms with Gasteiger partial charge >= 0.3 is 21.1 Å². The van der Waals surface area contributed by atoms with Crippen LogP contribution in [-0.2, 0) is 87.6 Å². The maximum Gasteiger partial charge on any atom is 2.00 e. The van der Waals surface area contributed by atoms with E-state index in [4.69, 9.17) is 18.7 Å². The van der Waals surface area contributed by atoms with Crippen LogP contribution in [-0.4, -0.2) is 32.5 Å². The zero-order valence-electron chi connectivity index (χ0n) is 16.9. The summed E-state index contributed by atoms with van der Waals surface area (Å²) in [6.07, 6.45) is 2.29. The molecule has 0 spiro atoms. The fraction of sp³-hybridized carbons (Fsp3) is 0.500. The van der Waals surface area contributed by atoms with Gasteiger partial charge in [-0.3, -0.25) is 4.79 Å². The van der Waals surface area contributed by atoms with Gasteiger partial charge in [0.2, 0.25) is 0 Å². The van der Waals surface area contributed by atoms with Crippen LogP contribution in [0.25, 0.3) is 5.32 Å². The Morgan fingerprint density at radius 2 is 2.00 bits per heavy atom. The predicted molar refractivity (Wildman–Crippen MR) is 107 cm³/mol. The molecule has 10 nitrogen and oxygen atoms in total. The Morgan fingerprint density at radius 3 is 2.30 bits per heavy atom. The first-order valence-corrected chi connectivity index (χ1v) is 9.99. The molecule has 0 aromatic carbocycles. The molecule has 2 heterocycles. The van der Waals surface area contributed by atoms with Crippen LogP contribution in [0.5, 0.6) is 0 Å². The number of oxime groups is 1. The summed E-state index contributed by atoms with van der Waals surface area (Å²) in [7, 11) is 0.255. The van der Waals surface area contributed by atoms with Crippen LogP contribution >= 0.6 is 11.3 Å². The second-order valence-corrected chi connectivity index (χ2v) is 7.32. The van der Waals surface area contributed by atoms with Crippen molar-refractivity contribution in [2.24, 2.45) is 11.1 Å². The summed E-state index contributed by atoms with van der Waals surface area (Å²) >= 11 is 1.19. The molecule has 1 aromatic heterocycles. The molecule has 1 aliphatic rings. The van der Waals surface area contributed by atoms with Gasteiger partial charge in [-0.2, -0.15) is 6.42 Å². The van der Waals surface area contributed by atoms with E-state index in [1.807, 2.05) is 13.8 Å². The Bertz CT molecular complexity index is 761. The molecule has 1 amide bonds. The quantitative estimate of drug-likeness (QED) is 0.0869. The van der Waals surface area contributed by atoms with Gasteiger partial charge in [0, 0.05) is 55.5 Å². The van der Waals surface area contributed by atoms with Crippen molar-refractivity contribution in [2.75, 3.05) is 5.73 Å². The number of unbranched alkanes of at least 4 members (excludes halogenated alkanes) is 1. The van der Waals surface area contributed by atoms with E-state index in [2.05, 4.69) is 41.3 Å². The van der Waals surface area contributed by atoms with E-state index in [-0.39, 0.29) is 77.6 Å². The smallest absolute Gasteiger partial charge is 0.648 e. The number of rotatable bonds is 6. The number of nitrogen functional groups attached to an aromatic ring is 1. The first-order valence-electron chi connectivity index (χ1n) is 8.08. The summed E-state index contributed by atoms with van der Waals surface area (Å²) in [5.74, 6) is -1.06. The zero-order valence-corrected chi connectivity index (χ0v) is 24.3. The van der Waals surface area contributed by atoms with E-state index < -0.39 is 22.4 Å². The Labute approximate surface area is 222 Å². The van der Waals surface area contributed by atoms with Gasteiger partial charge in [0.05, 0.1) is 5.91 Å². The number of hydrogen-bond donors (Lipinski definition) is 2. The molecule has 0 aliphatic carbocycles. The van der Waals surface area contributed by atoms with Gasteiger partial charge in [0.25, 0.3) is 0 Å². The van der Waals surface area contributed by atoms with E-state index in [0.717, 1.165) is 6.42 Å². The third-order valence-electron chi connectivity index (χ3n) is 3.48. The van der Waals surface area contributed by atoms with Crippen LogP contribution in [0.2, 0.25) is 0 Å². The average molecular weight is 705 g/mol. The van der Waals surface area contributed by atoms with Crippen molar-refractivity contribution in [1.29, 1.82) is 0 Å². The molecule has 3 N–H and O–H groups in total. The van der Waals surface area contributed by atoms with Gasteiger partial charge in [-0.25, -0.2) is 4.98 Å². The molecule has 14 heteroatoms. The molecule has 1 radical (unpaired) electrons. The normalized spacial score (nSPS) is 16.2. The van der Waals surface area contributed by atoms with Crippen LogP contribution < -0.4 is 5.73 Å². The number of hydrogen-bond acceptors (Lipinski definition) is 10. The van der Waals surface area contributed by atoms with Gasteiger partial charge in [-0.05, 0) is 5.92 Å². The molecule has 30 heavy (non-hydrogen) atoms. The number of anilines is 1. The van der Waals surface area contributed by atoms with Crippen LogP contribution in [0.3, 0.4) is 0 Å². The molecule has 167 valence electrons. The van der Waals surface area contributed by atoms with Gasteiger partial charge < -0.3 is 40.6 Å². The molecule has 1 aliphatic heterocycles. The van der Waals surface area contributed by atoms with Crippen LogP contribution in [0.4, 0.5) is 5.13 Å². The predicted octanol–water partition coefficient (Wildman–Crippen LogP) is 2.89. The monoisotopic (exact) mass is 705 g/mol. The average Bonchev–Trinajstić information content (AvgIpc) is 3.02. The van der Waals surface area contributed by atoms with Gasteiger partial charge in [-0.15, -0.1) is 29.1 Å². The molecule has 2 rings (SSSR count). The van der Waals surface area contributed by atoms with Crippen LogP contribution in [0, 0.1) is 20.0 Å². The van der Waals surface area contributed by atoms with E-state index in [9.17, 15) is 9.59 Å². The van der Waals surface area contributed by atoms with E-state index in [1.54, 1.807) is 5.38 Å². The van der Waals surface area contributed by atoms with Crippen molar-refractivity contribution in [3.63, 3.8) is 0 Å². The van der Waals surface area contributed by atoms with E-state index in [0.29, 0.717) is 10.8 Å². The molecule has 0 saturated carbocycles. The number of amides is 1. The molecule has 1 fully saturated rings. The largest absolute Gasteiger partial charge is 2.00 e. The number of β-lactam (4-membered cyclic amide) rings is 1. The number of nitrogens with zero attached hydrogens (tertiary/aromatic N) is 3. The summed E-state index contributed by atoms with van der Waals surface area (Å²) in [5.41, 5.74) is 5.35. The Balaban J connectivity index is -0.000000629. The number of carbonyl (C=O) groups is 2. The van der Waals surface area contributed by atoms with Crippen molar-refractivity contribution in [2.45, 2.75) is 45.6 Å². The molecular formula is C16H24N4O6S2WY-2. The Hall–Kier alpha value is -0.258. The maximum atomic E-state index is 12.3. The number of nitrogens with two attached hydrogens (primary N) is 1. The fourth-order valence-corrected chi connectivity index (χ4v) is 2.54. The summed E-state index contributed by atoms with van der Waals surface area (Å²) in [4.78, 5) is 32.2. The molecule has 0 bridgehead atoms. The first kappa shape index (κ1) is 34.4. The third-order valence-corrected chi connectivity index (χ3v) is 4.15. The SMILES string of the molecule is O=[S-](=O)O.[CH2-]CCC.[CH2-]O/N=C(\C(=O)C[C@@H]1C(=O)[N-]C1(C)C)c1csc(N)n1.[W+2].[Y]. The summed E-state index contributed by atoms with van der Waals surface area (Å²) < 4.78 is 24.1. The summed E-state index contributed by atoms with van der Waals surface area (Å²) in [5, 5.41) is 9.38. The van der Waals surface area contributed by atoms with Gasteiger partial charge in [-0.1, -0.05) is 27.2 Å². The summed E-state index contributed by atoms with van der Waals surface area (Å²) in [6, 6.07) is 0. The molecule has 0 unspecified atom stereocenters. The fourth-order valence-electron chi connectivity index (χ4n) is 2.00. The number of aromatic nitrogens is 1. The second-order valence-electron chi connectivity index (χ2n) is 5.99. The first-order chi connectivity index (χ1) is 13.0.